The highest BCUT2D eigenvalue weighted by molar-refractivity contribution is 6.74. The van der Waals surface area contributed by atoms with Gasteiger partial charge >= 0.3 is 12.1 Å². The SMILES string of the molecule is CCOC(=O)Cc1ccc(NC(C)=O)cc1OCc1cc(-c2cccc(CNC(=O)OC(C)(C)C)c2)c2oc(CO[Si](C)(C)C(C)(C)C)cc2c1. The minimum atomic E-state index is -2.04. The summed E-state index contributed by atoms with van der Waals surface area (Å²) in [6, 6.07) is 19.2. The number of alkyl carbamates (subject to hydrolysis) is 1. The monoisotopic (exact) mass is 716 g/mol. The molecule has 0 bridgehead atoms. The number of carbonyl (C=O) groups is 3. The molecule has 4 rings (SSSR count). The standard InChI is InChI=1S/C40H52N2O8Si/c1-11-46-36(44)21-30-15-16-32(42-26(2)43)22-35(30)47-24-28-18-31-20-33(25-48-51(9,10)40(6,7)8)49-37(31)34(19-28)29-14-12-13-27(17-29)23-41-38(45)50-39(3,4)5/h12-20,22H,11,21,23-25H2,1-10H3,(H,41,45)(H,42,43). The van der Waals surface area contributed by atoms with Crippen LogP contribution < -0.4 is 15.4 Å². The second kappa shape index (κ2) is 16.2. The molecule has 11 heteroatoms. The van der Waals surface area contributed by atoms with Gasteiger partial charge in [0.1, 0.15) is 29.3 Å². The Bertz CT molecular complexity index is 1870. The van der Waals surface area contributed by atoms with Crippen LogP contribution in [0, 0.1) is 0 Å². The van der Waals surface area contributed by atoms with Crippen molar-refractivity contribution in [3.63, 3.8) is 0 Å². The van der Waals surface area contributed by atoms with Gasteiger partial charge in [0.2, 0.25) is 5.91 Å². The molecule has 0 aliphatic heterocycles. The topological polar surface area (TPSA) is 125 Å². The van der Waals surface area contributed by atoms with Crippen LogP contribution in [-0.4, -0.2) is 38.5 Å². The number of nitrogens with one attached hydrogen (secondary N) is 2. The van der Waals surface area contributed by atoms with E-state index in [4.69, 9.17) is 23.1 Å². The van der Waals surface area contributed by atoms with Gasteiger partial charge in [-0.15, -0.1) is 0 Å². The second-order valence-electron chi connectivity index (χ2n) is 15.2. The molecule has 0 atom stereocenters. The van der Waals surface area contributed by atoms with E-state index >= 15 is 0 Å². The van der Waals surface area contributed by atoms with Gasteiger partial charge in [0.15, 0.2) is 8.32 Å². The number of benzene rings is 3. The zero-order valence-corrected chi connectivity index (χ0v) is 32.6. The molecule has 1 heterocycles. The zero-order valence-electron chi connectivity index (χ0n) is 31.6. The van der Waals surface area contributed by atoms with Crippen LogP contribution in [0.15, 0.2) is 65.1 Å². The summed E-state index contributed by atoms with van der Waals surface area (Å²) in [4.78, 5) is 36.5. The number of amides is 2. The Balaban J connectivity index is 1.70. The maximum atomic E-state index is 12.4. The number of fused-ring (bicyclic) bond motifs is 1. The number of furan rings is 1. The maximum absolute atomic E-state index is 12.4. The molecule has 2 amide bonds. The van der Waals surface area contributed by atoms with Crippen molar-refractivity contribution in [3.8, 4) is 16.9 Å². The highest BCUT2D eigenvalue weighted by Crippen LogP contribution is 2.38. The lowest BCUT2D eigenvalue weighted by Crippen LogP contribution is -2.40. The Hall–Kier alpha value is -4.61. The Morgan fingerprint density at radius 1 is 0.882 bits per heavy atom. The first-order chi connectivity index (χ1) is 23.8. The maximum Gasteiger partial charge on any atom is 0.407 e. The third kappa shape index (κ3) is 11.2. The van der Waals surface area contributed by atoms with Crippen molar-refractivity contribution in [2.24, 2.45) is 0 Å². The summed E-state index contributed by atoms with van der Waals surface area (Å²) in [6.45, 7) is 20.8. The summed E-state index contributed by atoms with van der Waals surface area (Å²) < 4.78 is 29.9. The first-order valence-corrected chi connectivity index (χ1v) is 20.2. The summed E-state index contributed by atoms with van der Waals surface area (Å²) in [5.41, 5.74) is 4.80. The highest BCUT2D eigenvalue weighted by Gasteiger charge is 2.37. The average Bonchev–Trinajstić information content (AvgIpc) is 3.44. The molecular formula is C40H52N2O8Si. The summed E-state index contributed by atoms with van der Waals surface area (Å²) in [5.74, 6) is 0.592. The third-order valence-corrected chi connectivity index (χ3v) is 13.1. The number of hydrogen-bond donors (Lipinski definition) is 2. The first-order valence-electron chi connectivity index (χ1n) is 17.3. The molecular weight excluding hydrogens is 665 g/mol. The number of esters is 1. The van der Waals surface area contributed by atoms with Crippen LogP contribution in [0.25, 0.3) is 22.1 Å². The van der Waals surface area contributed by atoms with Crippen LogP contribution >= 0.6 is 0 Å². The number of rotatable bonds is 13. The molecule has 0 saturated heterocycles. The smallest absolute Gasteiger partial charge is 0.407 e. The molecule has 0 radical (unpaired) electrons. The van der Waals surface area contributed by atoms with Gasteiger partial charge in [-0.25, -0.2) is 4.79 Å². The Kier molecular flexibility index (Phi) is 12.4. The summed E-state index contributed by atoms with van der Waals surface area (Å²) in [7, 11) is -2.04. The fourth-order valence-corrected chi connectivity index (χ4v) is 6.02. The van der Waals surface area contributed by atoms with Crippen molar-refractivity contribution < 1.29 is 37.4 Å². The van der Waals surface area contributed by atoms with E-state index in [-0.39, 0.29) is 43.1 Å². The molecule has 1 aromatic heterocycles. The number of ether oxygens (including phenoxy) is 3. The van der Waals surface area contributed by atoms with Gasteiger partial charge in [-0.05, 0) is 92.8 Å². The van der Waals surface area contributed by atoms with Crippen molar-refractivity contribution in [2.45, 2.75) is 105 Å². The van der Waals surface area contributed by atoms with E-state index in [1.54, 1.807) is 25.1 Å². The van der Waals surface area contributed by atoms with Crippen LogP contribution in [-0.2, 0) is 49.7 Å². The molecule has 0 saturated carbocycles. The predicted octanol–water partition coefficient (Wildman–Crippen LogP) is 9.29. The molecule has 0 fully saturated rings. The largest absolute Gasteiger partial charge is 0.489 e. The Morgan fingerprint density at radius 3 is 2.29 bits per heavy atom. The van der Waals surface area contributed by atoms with Gasteiger partial charge in [0.05, 0.1) is 19.6 Å². The van der Waals surface area contributed by atoms with Crippen LogP contribution in [0.3, 0.4) is 0 Å². The van der Waals surface area contributed by atoms with Gasteiger partial charge in [0, 0.05) is 41.7 Å². The first kappa shape index (κ1) is 39.2. The lowest BCUT2D eigenvalue weighted by atomic mass is 9.99. The van der Waals surface area contributed by atoms with E-state index in [2.05, 4.69) is 44.5 Å². The number of anilines is 1. The third-order valence-electron chi connectivity index (χ3n) is 8.60. The minimum Gasteiger partial charge on any atom is -0.489 e. The Labute approximate surface area is 302 Å². The van der Waals surface area contributed by atoms with Crippen LogP contribution in [0.2, 0.25) is 18.1 Å². The molecule has 3 aromatic carbocycles. The van der Waals surface area contributed by atoms with E-state index in [1.807, 2.05) is 63.2 Å². The van der Waals surface area contributed by atoms with Gasteiger partial charge in [0.25, 0.3) is 0 Å². The van der Waals surface area contributed by atoms with Crippen molar-refractivity contribution in [1.29, 1.82) is 0 Å². The van der Waals surface area contributed by atoms with Crippen LogP contribution in [0.1, 0.15) is 77.8 Å². The molecule has 0 unspecified atom stereocenters. The van der Waals surface area contributed by atoms with Gasteiger partial charge in [-0.3, -0.25) is 9.59 Å². The van der Waals surface area contributed by atoms with Crippen molar-refractivity contribution in [3.05, 3.63) is 83.1 Å². The van der Waals surface area contributed by atoms with Crippen LogP contribution in [0.4, 0.5) is 10.5 Å². The number of carbonyl (C=O) groups excluding carboxylic acids is 3. The molecule has 10 nitrogen and oxygen atoms in total. The summed E-state index contributed by atoms with van der Waals surface area (Å²) in [6.07, 6.45) is -0.464. The molecule has 274 valence electrons. The summed E-state index contributed by atoms with van der Waals surface area (Å²) >= 11 is 0. The normalized spacial score (nSPS) is 12.0. The zero-order chi connectivity index (χ0) is 37.6. The van der Waals surface area contributed by atoms with Crippen LogP contribution in [0.5, 0.6) is 5.75 Å². The quantitative estimate of drug-likeness (QED) is 0.104. The average molecular weight is 717 g/mol. The van der Waals surface area contributed by atoms with Crippen molar-refractivity contribution >= 4 is 42.9 Å². The van der Waals surface area contributed by atoms with E-state index < -0.39 is 20.0 Å². The highest BCUT2D eigenvalue weighted by atomic mass is 28.4. The van der Waals surface area contributed by atoms with Gasteiger partial charge in [-0.2, -0.15) is 0 Å². The lowest BCUT2D eigenvalue weighted by molar-refractivity contribution is -0.142. The van der Waals surface area contributed by atoms with E-state index in [9.17, 15) is 14.4 Å². The number of hydrogen-bond acceptors (Lipinski definition) is 8. The van der Waals surface area contributed by atoms with E-state index in [1.165, 1.54) is 6.92 Å². The molecule has 2 N–H and O–H groups in total. The van der Waals surface area contributed by atoms with Gasteiger partial charge in [-0.1, -0.05) is 45.0 Å². The fraction of sp³-hybridized carbons (Fsp3) is 0.425. The summed E-state index contributed by atoms with van der Waals surface area (Å²) in [5, 5.41) is 6.55. The van der Waals surface area contributed by atoms with Gasteiger partial charge < -0.3 is 33.7 Å². The molecule has 0 aliphatic rings. The molecule has 51 heavy (non-hydrogen) atoms. The van der Waals surface area contributed by atoms with Crippen molar-refractivity contribution in [1.82, 2.24) is 5.32 Å². The molecule has 4 aromatic rings. The molecule has 0 aliphatic carbocycles. The van der Waals surface area contributed by atoms with Crippen molar-refractivity contribution in [2.75, 3.05) is 11.9 Å². The minimum absolute atomic E-state index is 0.0251. The van der Waals surface area contributed by atoms with E-state index in [0.717, 1.165) is 33.4 Å². The molecule has 0 spiro atoms. The predicted molar refractivity (Wildman–Crippen MR) is 202 cm³/mol. The Morgan fingerprint density at radius 2 is 1.63 bits per heavy atom. The van der Waals surface area contributed by atoms with E-state index in [0.29, 0.717) is 29.2 Å². The fourth-order valence-electron chi connectivity index (χ4n) is 5.09. The lowest BCUT2D eigenvalue weighted by Gasteiger charge is -2.35. The second-order valence-corrected chi connectivity index (χ2v) is 20.0.